The zero-order chi connectivity index (χ0) is 15.5. The van der Waals surface area contributed by atoms with E-state index >= 15 is 0 Å². The van der Waals surface area contributed by atoms with Crippen LogP contribution in [0.3, 0.4) is 0 Å². The highest BCUT2D eigenvalue weighted by Gasteiger charge is 2.13. The number of hydrogen-bond donors (Lipinski definition) is 0. The summed E-state index contributed by atoms with van der Waals surface area (Å²) in [5.41, 5.74) is 1.42. The number of hydrogen-bond acceptors (Lipinski definition) is 4. The van der Waals surface area contributed by atoms with Crippen molar-refractivity contribution >= 4 is 0 Å². The van der Waals surface area contributed by atoms with E-state index < -0.39 is 0 Å². The molecule has 0 amide bonds. The average Bonchev–Trinajstić information content (AvgIpc) is 2.52. The summed E-state index contributed by atoms with van der Waals surface area (Å²) in [6.07, 6.45) is 1.33. The number of aryl methyl sites for hydroxylation is 1. The zero-order valence-corrected chi connectivity index (χ0v) is 11.7. The van der Waals surface area contributed by atoms with Gasteiger partial charge in [-0.1, -0.05) is 12.1 Å². The van der Waals surface area contributed by atoms with Crippen molar-refractivity contribution in [2.75, 3.05) is 0 Å². The van der Waals surface area contributed by atoms with Crippen LogP contribution in [0.4, 0.5) is 4.39 Å². The Bertz CT molecular complexity index is 824. The summed E-state index contributed by atoms with van der Waals surface area (Å²) < 4.78 is 19.8. The van der Waals surface area contributed by atoms with E-state index in [4.69, 9.17) is 4.74 Å². The third-order valence-electron chi connectivity index (χ3n) is 3.08. The first-order valence-electron chi connectivity index (χ1n) is 6.60. The van der Waals surface area contributed by atoms with E-state index in [1.807, 2.05) is 0 Å². The number of nitrogens with zero attached hydrogens (tertiary/aromatic N) is 3. The Kier molecular flexibility index (Phi) is 3.65. The number of halogens is 1. The van der Waals surface area contributed by atoms with Crippen LogP contribution in [0.2, 0.25) is 0 Å². The Morgan fingerprint density at radius 3 is 2.59 bits per heavy atom. The summed E-state index contributed by atoms with van der Waals surface area (Å²) in [6, 6.07) is 12.8. The summed E-state index contributed by atoms with van der Waals surface area (Å²) in [6.45, 7) is 1.76. The van der Waals surface area contributed by atoms with Crippen molar-refractivity contribution in [1.82, 2.24) is 10.2 Å². The maximum absolute atomic E-state index is 13.8. The van der Waals surface area contributed by atoms with Crippen LogP contribution >= 0.6 is 0 Å². The zero-order valence-electron chi connectivity index (χ0n) is 11.7. The lowest BCUT2D eigenvalue weighted by Crippen LogP contribution is -2.27. The predicted octanol–water partition coefficient (Wildman–Crippen LogP) is 3.02. The molecule has 0 radical (unpaired) electrons. The lowest BCUT2D eigenvalue weighted by molar-refractivity contribution is -0.611. The number of aromatic nitrogens is 3. The van der Waals surface area contributed by atoms with Gasteiger partial charge in [-0.15, -0.1) is 14.9 Å². The monoisotopic (exact) mass is 297 g/mol. The highest BCUT2D eigenvalue weighted by atomic mass is 19.1. The van der Waals surface area contributed by atoms with Gasteiger partial charge in [-0.3, -0.25) is 0 Å². The number of pyridine rings is 1. The van der Waals surface area contributed by atoms with Crippen LogP contribution in [0.25, 0.3) is 11.3 Å². The SMILES string of the molecule is Cc1cc(-c2ccccc2F)nnc1Oc1cccc[n+]1[O-]. The van der Waals surface area contributed by atoms with Gasteiger partial charge in [0.15, 0.2) is 6.20 Å². The molecule has 0 unspecified atom stereocenters. The van der Waals surface area contributed by atoms with Gasteiger partial charge in [-0.2, -0.15) is 0 Å². The molecule has 2 aromatic heterocycles. The van der Waals surface area contributed by atoms with Crippen molar-refractivity contribution in [2.24, 2.45) is 0 Å². The number of ether oxygens (including phenoxy) is 1. The second kappa shape index (κ2) is 5.77. The summed E-state index contributed by atoms with van der Waals surface area (Å²) in [4.78, 5) is 0. The molecule has 5 nitrogen and oxygen atoms in total. The summed E-state index contributed by atoms with van der Waals surface area (Å²) in [7, 11) is 0. The minimum atomic E-state index is -0.370. The van der Waals surface area contributed by atoms with Crippen molar-refractivity contribution < 1.29 is 13.9 Å². The Labute approximate surface area is 126 Å². The van der Waals surface area contributed by atoms with Crippen molar-refractivity contribution in [2.45, 2.75) is 6.92 Å². The molecule has 0 bridgehead atoms. The third-order valence-corrected chi connectivity index (χ3v) is 3.08. The second-order valence-electron chi connectivity index (χ2n) is 4.66. The Hall–Kier alpha value is -3.02. The smallest absolute Gasteiger partial charge is 0.386 e. The van der Waals surface area contributed by atoms with Gasteiger partial charge in [0, 0.05) is 17.2 Å². The van der Waals surface area contributed by atoms with E-state index in [-0.39, 0.29) is 17.6 Å². The first-order chi connectivity index (χ1) is 10.6. The molecule has 2 heterocycles. The van der Waals surface area contributed by atoms with E-state index in [9.17, 15) is 9.60 Å². The molecule has 22 heavy (non-hydrogen) atoms. The molecule has 0 saturated carbocycles. The summed E-state index contributed by atoms with van der Waals surface area (Å²) in [5.74, 6) is -0.0697. The molecule has 0 aliphatic heterocycles. The van der Waals surface area contributed by atoms with Gasteiger partial charge in [-0.05, 0) is 31.2 Å². The van der Waals surface area contributed by atoms with Crippen LogP contribution in [-0.2, 0) is 0 Å². The highest BCUT2D eigenvalue weighted by molar-refractivity contribution is 5.60. The minimum Gasteiger partial charge on any atom is -0.616 e. The van der Waals surface area contributed by atoms with Crippen LogP contribution in [0.1, 0.15) is 5.56 Å². The lowest BCUT2D eigenvalue weighted by Gasteiger charge is -2.08. The van der Waals surface area contributed by atoms with Gasteiger partial charge in [0.05, 0.1) is 11.8 Å². The maximum Gasteiger partial charge on any atom is 0.386 e. The van der Waals surface area contributed by atoms with Crippen molar-refractivity contribution in [1.29, 1.82) is 0 Å². The van der Waals surface area contributed by atoms with Gasteiger partial charge in [0.1, 0.15) is 5.82 Å². The summed E-state index contributed by atoms with van der Waals surface area (Å²) in [5, 5.41) is 19.5. The highest BCUT2D eigenvalue weighted by Crippen LogP contribution is 2.25. The third kappa shape index (κ3) is 2.71. The topological polar surface area (TPSA) is 62.0 Å². The van der Waals surface area contributed by atoms with Crippen molar-refractivity contribution in [3.63, 3.8) is 0 Å². The van der Waals surface area contributed by atoms with Gasteiger partial charge in [-0.25, -0.2) is 4.39 Å². The predicted molar refractivity (Wildman–Crippen MR) is 77.6 cm³/mol. The van der Waals surface area contributed by atoms with E-state index in [0.717, 1.165) is 0 Å². The molecule has 1 aromatic carbocycles. The lowest BCUT2D eigenvalue weighted by atomic mass is 10.1. The average molecular weight is 297 g/mol. The number of benzene rings is 1. The molecular formula is C16H12FN3O2. The van der Waals surface area contributed by atoms with Crippen molar-refractivity contribution in [3.8, 4) is 23.0 Å². The Morgan fingerprint density at radius 2 is 1.86 bits per heavy atom. The van der Waals surface area contributed by atoms with Gasteiger partial charge >= 0.3 is 5.88 Å². The fourth-order valence-corrected chi connectivity index (χ4v) is 1.97. The molecular weight excluding hydrogens is 285 g/mol. The molecule has 3 rings (SSSR count). The van der Waals surface area contributed by atoms with Gasteiger partial charge in [0.25, 0.3) is 0 Å². The van der Waals surface area contributed by atoms with E-state index in [1.165, 1.54) is 18.3 Å². The maximum atomic E-state index is 13.8. The molecule has 0 aliphatic rings. The molecule has 6 heteroatoms. The fourth-order valence-electron chi connectivity index (χ4n) is 1.97. The molecule has 0 N–H and O–H groups in total. The van der Waals surface area contributed by atoms with E-state index in [0.29, 0.717) is 21.6 Å². The Balaban J connectivity index is 1.93. The minimum absolute atomic E-state index is 0.0959. The molecule has 0 saturated heterocycles. The molecule has 0 spiro atoms. The quantitative estimate of drug-likeness (QED) is 0.550. The van der Waals surface area contributed by atoms with Crippen LogP contribution in [0.5, 0.6) is 11.8 Å². The van der Waals surface area contributed by atoms with Gasteiger partial charge in [0.2, 0.25) is 5.88 Å². The largest absolute Gasteiger partial charge is 0.616 e. The standard InChI is InChI=1S/C16H12FN3O2/c1-11-10-14(12-6-2-3-7-13(12)17)18-19-16(11)22-15-8-4-5-9-20(15)21/h2-10H,1H3. The number of rotatable bonds is 3. The van der Waals surface area contributed by atoms with Gasteiger partial charge < -0.3 is 9.94 Å². The molecule has 110 valence electrons. The van der Waals surface area contributed by atoms with E-state index in [2.05, 4.69) is 10.2 Å². The van der Waals surface area contributed by atoms with Crippen LogP contribution in [-0.4, -0.2) is 10.2 Å². The first-order valence-corrected chi connectivity index (χ1v) is 6.60. The van der Waals surface area contributed by atoms with E-state index in [1.54, 1.807) is 43.3 Å². The molecule has 3 aromatic rings. The molecule has 0 atom stereocenters. The summed E-state index contributed by atoms with van der Waals surface area (Å²) >= 11 is 0. The van der Waals surface area contributed by atoms with Crippen LogP contribution in [0.15, 0.2) is 54.7 Å². The molecule has 0 aliphatic carbocycles. The van der Waals surface area contributed by atoms with Crippen molar-refractivity contribution in [3.05, 3.63) is 71.3 Å². The normalized spacial score (nSPS) is 10.5. The second-order valence-corrected chi connectivity index (χ2v) is 4.66. The fraction of sp³-hybridized carbons (Fsp3) is 0.0625. The van der Waals surface area contributed by atoms with Crippen LogP contribution in [0, 0.1) is 17.9 Å². The Morgan fingerprint density at radius 1 is 1.09 bits per heavy atom. The molecule has 0 fully saturated rings. The first kappa shape index (κ1) is 13.9. The van der Waals surface area contributed by atoms with Crippen LogP contribution < -0.4 is 9.47 Å².